The summed E-state index contributed by atoms with van der Waals surface area (Å²) < 4.78 is 37.9. The van der Waals surface area contributed by atoms with Crippen molar-refractivity contribution in [3.8, 4) is 11.5 Å². The zero-order valence-corrected chi connectivity index (χ0v) is 14.1. The fourth-order valence-electron chi connectivity index (χ4n) is 2.28. The molecule has 0 bridgehead atoms. The quantitative estimate of drug-likeness (QED) is 0.855. The Balaban J connectivity index is 1.73. The van der Waals surface area contributed by atoms with Gasteiger partial charge in [0, 0.05) is 17.5 Å². The Bertz CT molecular complexity index is 800. The summed E-state index contributed by atoms with van der Waals surface area (Å²) in [6, 6.07) is 6.35. The first-order valence-corrected chi connectivity index (χ1v) is 9.45. The van der Waals surface area contributed by atoms with Crippen molar-refractivity contribution in [2.75, 3.05) is 19.8 Å². The number of sulfonamides is 1. The molecule has 1 aliphatic heterocycles. The van der Waals surface area contributed by atoms with Gasteiger partial charge >= 0.3 is 0 Å². The fraction of sp³-hybridized carbons (Fsp3) is 0.333. The van der Waals surface area contributed by atoms with Crippen molar-refractivity contribution in [2.24, 2.45) is 0 Å². The lowest BCUT2D eigenvalue weighted by molar-refractivity contribution is 0.171. The van der Waals surface area contributed by atoms with Gasteiger partial charge in [-0.2, -0.15) is 0 Å². The second-order valence-electron chi connectivity index (χ2n) is 5.14. The van der Waals surface area contributed by atoms with Crippen molar-refractivity contribution in [3.05, 3.63) is 40.1 Å². The van der Waals surface area contributed by atoms with Gasteiger partial charge in [-0.15, -0.1) is 11.3 Å². The van der Waals surface area contributed by atoms with Crippen LogP contribution in [0.3, 0.4) is 0 Å². The zero-order valence-electron chi connectivity index (χ0n) is 12.5. The van der Waals surface area contributed by atoms with Gasteiger partial charge in [-0.1, -0.05) is 0 Å². The van der Waals surface area contributed by atoms with E-state index in [1.165, 1.54) is 23.5 Å². The highest BCUT2D eigenvalue weighted by Crippen LogP contribution is 2.32. The third-order valence-electron chi connectivity index (χ3n) is 3.50. The summed E-state index contributed by atoms with van der Waals surface area (Å²) >= 11 is 1.40. The number of aryl methyl sites for hydroxylation is 1. The van der Waals surface area contributed by atoms with Gasteiger partial charge in [0.25, 0.3) is 0 Å². The third-order valence-corrected chi connectivity index (χ3v) is 6.04. The van der Waals surface area contributed by atoms with Crippen molar-refractivity contribution in [2.45, 2.75) is 17.9 Å². The largest absolute Gasteiger partial charge is 0.486 e. The number of aliphatic hydroxyl groups is 1. The summed E-state index contributed by atoms with van der Waals surface area (Å²) in [7, 11) is -3.73. The van der Waals surface area contributed by atoms with Crippen LogP contribution >= 0.6 is 11.3 Å². The minimum Gasteiger partial charge on any atom is -0.486 e. The van der Waals surface area contributed by atoms with Crippen LogP contribution in [-0.4, -0.2) is 33.3 Å². The van der Waals surface area contributed by atoms with E-state index in [9.17, 15) is 13.5 Å². The molecule has 1 aromatic heterocycles. The number of benzene rings is 1. The maximum Gasteiger partial charge on any atom is 0.240 e. The molecule has 124 valence electrons. The molecule has 2 heterocycles. The summed E-state index contributed by atoms with van der Waals surface area (Å²) in [5, 5.41) is 12.0. The second-order valence-corrected chi connectivity index (χ2v) is 7.86. The number of hydrogen-bond donors (Lipinski definition) is 2. The van der Waals surface area contributed by atoms with Gasteiger partial charge in [-0.05, 0) is 36.1 Å². The Hall–Kier alpha value is -1.61. The highest BCUT2D eigenvalue weighted by molar-refractivity contribution is 7.89. The Morgan fingerprint density at radius 1 is 1.26 bits per heavy atom. The number of ether oxygens (including phenoxy) is 2. The molecule has 0 saturated heterocycles. The van der Waals surface area contributed by atoms with Crippen molar-refractivity contribution >= 4 is 21.4 Å². The standard InChI is InChI=1S/C15H17NO5S2/c1-10-4-7-22-15(10)12(17)9-16-23(18,19)11-2-3-13-14(8-11)21-6-5-20-13/h2-4,7-8,12,16-17H,5-6,9H2,1H3/t12-/m1/s1. The highest BCUT2D eigenvalue weighted by atomic mass is 32.2. The molecular weight excluding hydrogens is 338 g/mol. The summed E-state index contributed by atoms with van der Waals surface area (Å²) in [4.78, 5) is 0.840. The van der Waals surface area contributed by atoms with Crippen LogP contribution in [0.4, 0.5) is 0 Å². The zero-order chi connectivity index (χ0) is 16.4. The van der Waals surface area contributed by atoms with Crippen molar-refractivity contribution in [3.63, 3.8) is 0 Å². The Morgan fingerprint density at radius 2 is 2.00 bits per heavy atom. The predicted octanol–water partition coefficient (Wildman–Crippen LogP) is 1.84. The Labute approximate surface area is 138 Å². The molecule has 0 aliphatic carbocycles. The summed E-state index contributed by atoms with van der Waals surface area (Å²) in [5.41, 5.74) is 0.945. The molecule has 0 amide bonds. The first-order valence-electron chi connectivity index (χ1n) is 7.09. The molecule has 2 aromatic rings. The number of hydrogen-bond acceptors (Lipinski definition) is 6. The van der Waals surface area contributed by atoms with E-state index in [2.05, 4.69) is 4.72 Å². The van der Waals surface area contributed by atoms with Gasteiger partial charge in [0.15, 0.2) is 11.5 Å². The van der Waals surface area contributed by atoms with Gasteiger partial charge in [-0.25, -0.2) is 13.1 Å². The summed E-state index contributed by atoms with van der Waals surface area (Å²) in [5.74, 6) is 0.943. The van der Waals surface area contributed by atoms with Crippen LogP contribution in [0.2, 0.25) is 0 Å². The van der Waals surface area contributed by atoms with Crippen molar-refractivity contribution in [1.29, 1.82) is 0 Å². The third kappa shape index (κ3) is 3.50. The fourth-order valence-corrected chi connectivity index (χ4v) is 4.25. The average Bonchev–Trinajstić information content (AvgIpc) is 2.98. The first-order chi connectivity index (χ1) is 11.0. The van der Waals surface area contributed by atoms with Crippen LogP contribution in [0.1, 0.15) is 16.5 Å². The molecule has 0 saturated carbocycles. The van der Waals surface area contributed by atoms with Gasteiger partial charge in [0.05, 0.1) is 4.90 Å². The van der Waals surface area contributed by atoms with Gasteiger partial charge < -0.3 is 14.6 Å². The number of aliphatic hydroxyl groups excluding tert-OH is 1. The monoisotopic (exact) mass is 355 g/mol. The lowest BCUT2D eigenvalue weighted by atomic mass is 10.2. The molecule has 1 aromatic carbocycles. The smallest absolute Gasteiger partial charge is 0.240 e. The van der Waals surface area contributed by atoms with Crippen LogP contribution < -0.4 is 14.2 Å². The normalized spacial score (nSPS) is 15.4. The minimum absolute atomic E-state index is 0.0804. The lowest BCUT2D eigenvalue weighted by Gasteiger charge is -2.19. The van der Waals surface area contributed by atoms with Crippen LogP contribution in [0.15, 0.2) is 34.5 Å². The molecule has 1 atom stereocenters. The average molecular weight is 355 g/mol. The minimum atomic E-state index is -3.73. The van der Waals surface area contributed by atoms with E-state index < -0.39 is 16.1 Å². The van der Waals surface area contributed by atoms with Crippen molar-refractivity contribution < 1.29 is 23.0 Å². The first kappa shape index (κ1) is 16.3. The van der Waals surface area contributed by atoms with E-state index in [1.807, 2.05) is 18.4 Å². The molecule has 0 spiro atoms. The number of rotatable bonds is 5. The molecule has 0 fully saturated rings. The van der Waals surface area contributed by atoms with E-state index in [0.29, 0.717) is 24.7 Å². The Kier molecular flexibility index (Phi) is 4.58. The molecule has 0 radical (unpaired) electrons. The van der Waals surface area contributed by atoms with Crippen LogP contribution in [0.5, 0.6) is 11.5 Å². The van der Waals surface area contributed by atoms with E-state index in [4.69, 9.17) is 9.47 Å². The molecule has 3 rings (SSSR count). The van der Waals surface area contributed by atoms with Crippen LogP contribution in [0.25, 0.3) is 0 Å². The van der Waals surface area contributed by atoms with E-state index in [1.54, 1.807) is 6.07 Å². The maximum absolute atomic E-state index is 12.4. The highest BCUT2D eigenvalue weighted by Gasteiger charge is 2.21. The van der Waals surface area contributed by atoms with Gasteiger partial charge in [-0.3, -0.25) is 0 Å². The van der Waals surface area contributed by atoms with E-state index >= 15 is 0 Å². The molecule has 0 unspecified atom stereocenters. The topological polar surface area (TPSA) is 84.9 Å². The maximum atomic E-state index is 12.4. The number of nitrogens with one attached hydrogen (secondary N) is 1. The Morgan fingerprint density at radius 3 is 2.70 bits per heavy atom. The van der Waals surface area contributed by atoms with E-state index in [-0.39, 0.29) is 11.4 Å². The van der Waals surface area contributed by atoms with E-state index in [0.717, 1.165) is 10.4 Å². The second kappa shape index (κ2) is 6.48. The number of thiophene rings is 1. The summed E-state index contributed by atoms with van der Waals surface area (Å²) in [6.07, 6.45) is -0.873. The molecule has 1 aliphatic rings. The molecule has 8 heteroatoms. The predicted molar refractivity (Wildman–Crippen MR) is 86.6 cm³/mol. The summed E-state index contributed by atoms with van der Waals surface area (Å²) in [6.45, 7) is 2.63. The van der Waals surface area contributed by atoms with Crippen LogP contribution in [-0.2, 0) is 10.0 Å². The number of fused-ring (bicyclic) bond motifs is 1. The van der Waals surface area contributed by atoms with Gasteiger partial charge in [0.1, 0.15) is 19.3 Å². The molecule has 6 nitrogen and oxygen atoms in total. The molecular formula is C15H17NO5S2. The lowest BCUT2D eigenvalue weighted by Crippen LogP contribution is -2.28. The molecule has 23 heavy (non-hydrogen) atoms. The van der Waals surface area contributed by atoms with Gasteiger partial charge in [0.2, 0.25) is 10.0 Å². The van der Waals surface area contributed by atoms with Crippen molar-refractivity contribution in [1.82, 2.24) is 4.72 Å². The molecule has 2 N–H and O–H groups in total. The van der Waals surface area contributed by atoms with Crippen LogP contribution in [0, 0.1) is 6.92 Å². The SMILES string of the molecule is Cc1ccsc1[C@H](O)CNS(=O)(=O)c1ccc2c(c1)OCCO2.